The van der Waals surface area contributed by atoms with Crippen LogP contribution >= 0.6 is 0 Å². The maximum Gasteiger partial charge on any atom is 0.243 e. The molecule has 0 saturated heterocycles. The molecule has 212 valence electrons. The number of aromatic nitrogens is 6. The number of unbranched alkanes of at least 4 members (excludes halogenated alkanes) is 16. The van der Waals surface area contributed by atoms with Gasteiger partial charge in [0.05, 0.1) is 31.4 Å². The number of nitrogens with one attached hydrogen (secondary N) is 2. The highest BCUT2D eigenvalue weighted by Gasteiger charge is 2.06. The van der Waals surface area contributed by atoms with Crippen molar-refractivity contribution in [2.45, 2.75) is 109 Å². The first-order valence-corrected chi connectivity index (χ1v) is 15.2. The summed E-state index contributed by atoms with van der Waals surface area (Å²) in [5.41, 5.74) is 3.41. The van der Waals surface area contributed by atoms with Crippen LogP contribution in [0.1, 0.15) is 109 Å². The van der Waals surface area contributed by atoms with Gasteiger partial charge in [0.1, 0.15) is 23.1 Å². The van der Waals surface area contributed by atoms with Crippen LogP contribution in [0.2, 0.25) is 0 Å². The van der Waals surface area contributed by atoms with E-state index in [9.17, 15) is 0 Å². The predicted molar refractivity (Wildman–Crippen MR) is 157 cm³/mol. The molecule has 0 amide bonds. The Morgan fingerprint density at radius 2 is 1.10 bits per heavy atom. The van der Waals surface area contributed by atoms with Crippen molar-refractivity contribution < 1.29 is 9.47 Å². The number of hydrogen-bond donors (Lipinski definition) is 2. The van der Waals surface area contributed by atoms with Gasteiger partial charge in [-0.1, -0.05) is 102 Å². The monoisotopic (exact) mass is 534 g/mol. The molecule has 39 heavy (non-hydrogen) atoms. The lowest BCUT2D eigenvalue weighted by molar-refractivity contribution is 0.296. The topological polar surface area (TPSA) is 102 Å². The second kappa shape index (κ2) is 17.4. The number of H-pyrrole nitrogens is 2. The van der Waals surface area contributed by atoms with Crippen LogP contribution in [0.5, 0.6) is 11.6 Å². The first-order valence-electron chi connectivity index (χ1n) is 15.2. The zero-order chi connectivity index (χ0) is 26.8. The van der Waals surface area contributed by atoms with Gasteiger partial charge in [-0.05, 0) is 25.0 Å². The summed E-state index contributed by atoms with van der Waals surface area (Å²) in [6, 6.07) is 6.05. The maximum atomic E-state index is 5.94. The van der Waals surface area contributed by atoms with E-state index >= 15 is 0 Å². The summed E-state index contributed by atoms with van der Waals surface area (Å²) < 4.78 is 11.7. The van der Waals surface area contributed by atoms with Crippen molar-refractivity contribution in [2.75, 3.05) is 13.2 Å². The largest absolute Gasteiger partial charge is 0.491 e. The van der Waals surface area contributed by atoms with E-state index in [-0.39, 0.29) is 0 Å². The average Bonchev–Trinajstić information content (AvgIpc) is 3.64. The Labute approximate surface area is 232 Å². The van der Waals surface area contributed by atoms with E-state index in [1.165, 1.54) is 103 Å². The molecular weight excluding hydrogens is 488 g/mol. The number of benzene rings is 1. The number of nitrogens with zero attached hydrogens (tertiary/aromatic N) is 4. The molecule has 4 rings (SSSR count). The van der Waals surface area contributed by atoms with Gasteiger partial charge in [0.15, 0.2) is 5.65 Å². The number of fused-ring (bicyclic) bond motifs is 2. The molecule has 0 bridgehead atoms. The first-order chi connectivity index (χ1) is 19.4. The summed E-state index contributed by atoms with van der Waals surface area (Å²) in [6.45, 7) is 1.48. The molecule has 0 fully saturated rings. The lowest BCUT2D eigenvalue weighted by atomic mass is 10.0. The van der Waals surface area contributed by atoms with E-state index in [1.807, 2.05) is 18.2 Å². The van der Waals surface area contributed by atoms with Crippen LogP contribution < -0.4 is 9.47 Å². The summed E-state index contributed by atoms with van der Waals surface area (Å²) in [5, 5.41) is 0. The number of imidazole rings is 2. The van der Waals surface area contributed by atoms with Crippen LogP contribution in [0.15, 0.2) is 37.2 Å². The lowest BCUT2D eigenvalue weighted by Gasteiger charge is -2.07. The Kier molecular flexibility index (Phi) is 12.9. The highest BCUT2D eigenvalue weighted by Crippen LogP contribution is 2.22. The molecule has 0 aliphatic heterocycles. The molecule has 2 N–H and O–H groups in total. The summed E-state index contributed by atoms with van der Waals surface area (Å²) >= 11 is 0. The molecule has 0 aliphatic rings. The van der Waals surface area contributed by atoms with Gasteiger partial charge in [-0.3, -0.25) is 0 Å². The maximum absolute atomic E-state index is 5.94. The number of aromatic amines is 2. The van der Waals surface area contributed by atoms with Crippen molar-refractivity contribution in [3.63, 3.8) is 0 Å². The number of ether oxygens (including phenoxy) is 2. The van der Waals surface area contributed by atoms with E-state index in [0.29, 0.717) is 18.1 Å². The van der Waals surface area contributed by atoms with Crippen LogP contribution in [-0.4, -0.2) is 43.1 Å². The van der Waals surface area contributed by atoms with Crippen LogP contribution in [0.3, 0.4) is 0 Å². The summed E-state index contributed by atoms with van der Waals surface area (Å²) in [5.74, 6) is 1.50. The van der Waals surface area contributed by atoms with Crippen molar-refractivity contribution in [3.05, 3.63) is 37.2 Å². The van der Waals surface area contributed by atoms with Gasteiger partial charge < -0.3 is 19.4 Å². The van der Waals surface area contributed by atoms with E-state index in [1.54, 1.807) is 12.7 Å². The quantitative estimate of drug-likeness (QED) is 0.0983. The second-order valence-corrected chi connectivity index (χ2v) is 10.5. The van der Waals surface area contributed by atoms with Gasteiger partial charge in [-0.15, -0.1) is 0 Å². The minimum absolute atomic E-state index is 0.607. The van der Waals surface area contributed by atoms with Crippen LogP contribution in [0.4, 0.5) is 0 Å². The molecule has 4 aromatic rings. The Bertz CT molecular complexity index is 1100. The molecule has 0 atom stereocenters. The molecule has 8 nitrogen and oxygen atoms in total. The van der Waals surface area contributed by atoms with Crippen molar-refractivity contribution >= 4 is 22.2 Å². The van der Waals surface area contributed by atoms with E-state index in [0.717, 1.165) is 41.7 Å². The third-order valence-electron chi connectivity index (χ3n) is 7.39. The fourth-order valence-corrected chi connectivity index (χ4v) is 5.11. The van der Waals surface area contributed by atoms with Crippen molar-refractivity contribution in [3.8, 4) is 11.6 Å². The van der Waals surface area contributed by atoms with E-state index in [2.05, 4.69) is 29.9 Å². The van der Waals surface area contributed by atoms with Crippen molar-refractivity contribution in [1.29, 1.82) is 0 Å². The second-order valence-electron chi connectivity index (χ2n) is 10.5. The Morgan fingerprint density at radius 1 is 0.538 bits per heavy atom. The van der Waals surface area contributed by atoms with Gasteiger partial charge in [-0.2, -0.15) is 4.98 Å². The summed E-state index contributed by atoms with van der Waals surface area (Å²) in [6.07, 6.45) is 27.4. The standard InChI is InChI=1S/C31H46N6O2/c1(2-4-6-8-10-12-14-16-21-38-27-20-18-19-26-28(27)33-23-32-26)3-5-7-9-11-13-15-17-22-39-31-29-30(35-24-34-29)36-25-37-31/h18-20,23-25H,1-17,21-22H2,(H,32,33)(H,34,35,36,37). The molecule has 0 unspecified atom stereocenters. The fraction of sp³-hybridized carbons (Fsp3) is 0.613. The number of hydrogen-bond acceptors (Lipinski definition) is 6. The predicted octanol–water partition coefficient (Wildman–Crippen LogP) is 8.32. The smallest absolute Gasteiger partial charge is 0.243 e. The zero-order valence-electron chi connectivity index (χ0n) is 23.5. The average molecular weight is 535 g/mol. The summed E-state index contributed by atoms with van der Waals surface area (Å²) in [7, 11) is 0. The minimum atomic E-state index is 0.607. The van der Waals surface area contributed by atoms with Crippen molar-refractivity contribution in [1.82, 2.24) is 29.9 Å². The lowest BCUT2D eigenvalue weighted by Crippen LogP contribution is -2.00. The van der Waals surface area contributed by atoms with Gasteiger partial charge >= 0.3 is 0 Å². The van der Waals surface area contributed by atoms with Crippen LogP contribution in [0.25, 0.3) is 22.2 Å². The molecule has 0 saturated carbocycles. The summed E-state index contributed by atoms with van der Waals surface area (Å²) in [4.78, 5) is 23.0. The van der Waals surface area contributed by atoms with E-state index in [4.69, 9.17) is 9.47 Å². The first kappa shape index (κ1) is 28.8. The Morgan fingerprint density at radius 3 is 1.74 bits per heavy atom. The third-order valence-corrected chi connectivity index (χ3v) is 7.39. The Balaban J connectivity index is 0.847. The highest BCUT2D eigenvalue weighted by atomic mass is 16.5. The van der Waals surface area contributed by atoms with Gasteiger partial charge in [0.25, 0.3) is 0 Å². The molecule has 8 heteroatoms. The fourth-order valence-electron chi connectivity index (χ4n) is 5.11. The highest BCUT2D eigenvalue weighted by molar-refractivity contribution is 5.81. The van der Waals surface area contributed by atoms with Crippen LogP contribution in [0, 0.1) is 0 Å². The van der Waals surface area contributed by atoms with Gasteiger partial charge in [-0.25, -0.2) is 15.0 Å². The van der Waals surface area contributed by atoms with Gasteiger partial charge in [0.2, 0.25) is 5.88 Å². The molecular formula is C31H46N6O2. The molecule has 0 radical (unpaired) electrons. The third kappa shape index (κ3) is 10.2. The van der Waals surface area contributed by atoms with Gasteiger partial charge in [0, 0.05) is 0 Å². The SMILES string of the molecule is c1cc(OCCCCCCCCCCCCCCCCCCCOc2ncnc3nc[nH]c23)c2nc[nH]c2c1. The molecule has 3 aromatic heterocycles. The van der Waals surface area contributed by atoms with Crippen LogP contribution in [-0.2, 0) is 0 Å². The molecule has 1 aromatic carbocycles. The molecule has 0 spiro atoms. The van der Waals surface area contributed by atoms with E-state index < -0.39 is 0 Å². The van der Waals surface area contributed by atoms with Crippen molar-refractivity contribution in [2.24, 2.45) is 0 Å². The molecule has 3 heterocycles. The normalized spacial score (nSPS) is 11.5. The zero-order valence-corrected chi connectivity index (χ0v) is 23.5. The molecule has 0 aliphatic carbocycles. The number of para-hydroxylation sites is 1. The number of rotatable bonds is 22. The minimum Gasteiger partial charge on any atom is -0.491 e. The Hall–Kier alpha value is -3.16.